The number of fused-ring (bicyclic) bond motifs is 2. The van der Waals surface area contributed by atoms with E-state index in [1.54, 1.807) is 12.1 Å². The molecule has 3 rings (SSSR count). The molecule has 0 saturated heterocycles. The van der Waals surface area contributed by atoms with Gasteiger partial charge in [0, 0.05) is 41.3 Å². The summed E-state index contributed by atoms with van der Waals surface area (Å²) in [5.74, 6) is 0. The Morgan fingerprint density at radius 1 is 0.857 bits per heavy atom. The van der Waals surface area contributed by atoms with Gasteiger partial charge in [-0.1, -0.05) is 0 Å². The monoisotopic (exact) mass is 425 g/mol. The minimum absolute atomic E-state index is 0.250. The van der Waals surface area contributed by atoms with Crippen LogP contribution in [0.4, 0.5) is 0 Å². The summed E-state index contributed by atoms with van der Waals surface area (Å²) in [7, 11) is -7.07. The molecule has 2 heterocycles. The van der Waals surface area contributed by atoms with E-state index in [1.807, 2.05) is 12.1 Å². The predicted octanol–water partition coefficient (Wildman–Crippen LogP) is 2.83. The zero-order chi connectivity index (χ0) is 21.0. The second-order valence-corrected chi connectivity index (χ2v) is 11.6. The summed E-state index contributed by atoms with van der Waals surface area (Å²) in [6, 6.07) is 7.59. The van der Waals surface area contributed by atoms with Crippen LogP contribution in [0, 0.1) is 0 Å². The van der Waals surface area contributed by atoms with Crippen molar-refractivity contribution in [3.8, 4) is 0 Å². The molecule has 0 aliphatic carbocycles. The molecular formula is C19H27N3O4S2. The van der Waals surface area contributed by atoms with Crippen molar-refractivity contribution in [2.75, 3.05) is 12.5 Å². The van der Waals surface area contributed by atoms with Crippen molar-refractivity contribution in [1.82, 2.24) is 12.8 Å². The average Bonchev–Trinajstić information content (AvgIpc) is 3.08. The third-order valence-electron chi connectivity index (χ3n) is 4.96. The highest BCUT2D eigenvalue weighted by molar-refractivity contribution is 7.89. The molecule has 0 amide bonds. The van der Waals surface area contributed by atoms with E-state index < -0.39 is 20.0 Å². The fourth-order valence-corrected chi connectivity index (χ4v) is 5.64. The highest BCUT2D eigenvalue weighted by Crippen LogP contribution is 2.29. The van der Waals surface area contributed by atoms with Crippen molar-refractivity contribution in [1.29, 1.82) is 0 Å². The van der Waals surface area contributed by atoms with E-state index in [0.29, 0.717) is 23.3 Å². The Balaban J connectivity index is 2.32. The fraction of sp³-hybridized carbons (Fsp3) is 0.474. The molecule has 3 aromatic rings. The van der Waals surface area contributed by atoms with E-state index in [4.69, 9.17) is 0 Å². The first kappa shape index (κ1) is 20.9. The lowest BCUT2D eigenvalue weighted by Crippen LogP contribution is -2.37. The van der Waals surface area contributed by atoms with Gasteiger partial charge < -0.3 is 0 Å². The van der Waals surface area contributed by atoms with E-state index in [1.165, 1.54) is 20.4 Å². The van der Waals surface area contributed by atoms with Gasteiger partial charge in [0.15, 0.2) is 0 Å². The van der Waals surface area contributed by atoms with Crippen LogP contribution in [0.1, 0.15) is 33.4 Å². The standard InChI is InChI=1S/C19H27N3O4S2/c1-13(2)20(14(3)4)12-17-10-16-9-15-7-8-21(27(5,23)24)18(15)11-19(16)22(17)28(6,25)26/h7-11,13-14H,12H2,1-6H3. The molecule has 0 radical (unpaired) electrons. The number of hydrogen-bond donors (Lipinski definition) is 0. The second kappa shape index (κ2) is 6.89. The van der Waals surface area contributed by atoms with E-state index >= 15 is 0 Å². The summed E-state index contributed by atoms with van der Waals surface area (Å²) in [5, 5.41) is 1.52. The van der Waals surface area contributed by atoms with Crippen molar-refractivity contribution in [3.05, 3.63) is 36.2 Å². The van der Waals surface area contributed by atoms with Crippen LogP contribution in [0.5, 0.6) is 0 Å². The second-order valence-electron chi connectivity index (χ2n) is 7.87. The molecule has 7 nitrogen and oxygen atoms in total. The van der Waals surface area contributed by atoms with Gasteiger partial charge >= 0.3 is 0 Å². The molecule has 0 aliphatic rings. The molecule has 0 atom stereocenters. The molecule has 9 heteroatoms. The normalized spacial score (nSPS) is 13.6. The zero-order valence-corrected chi connectivity index (χ0v) is 18.7. The van der Waals surface area contributed by atoms with Crippen molar-refractivity contribution < 1.29 is 16.8 Å². The van der Waals surface area contributed by atoms with Crippen LogP contribution in [0.25, 0.3) is 21.8 Å². The SMILES string of the molecule is CC(C)N(Cc1cc2cc3ccn(S(C)(=O)=O)c3cc2n1S(C)(=O)=O)C(C)C. The smallest absolute Gasteiger partial charge is 0.236 e. The first-order chi connectivity index (χ1) is 12.8. The summed E-state index contributed by atoms with van der Waals surface area (Å²) in [4.78, 5) is 2.21. The number of aromatic nitrogens is 2. The third-order valence-corrected chi connectivity index (χ3v) is 7.09. The highest BCUT2D eigenvalue weighted by Gasteiger charge is 2.22. The molecule has 0 spiro atoms. The maximum absolute atomic E-state index is 12.6. The van der Waals surface area contributed by atoms with Crippen molar-refractivity contribution >= 4 is 41.9 Å². The van der Waals surface area contributed by atoms with Gasteiger partial charge in [-0.25, -0.2) is 24.8 Å². The zero-order valence-electron chi connectivity index (χ0n) is 17.0. The molecule has 1 aromatic carbocycles. The lowest BCUT2D eigenvalue weighted by Gasteiger charge is -2.30. The minimum Gasteiger partial charge on any atom is -0.293 e. The molecule has 0 bridgehead atoms. The summed E-state index contributed by atoms with van der Waals surface area (Å²) in [6.45, 7) is 8.80. The first-order valence-corrected chi connectivity index (χ1v) is 12.8. The lowest BCUT2D eigenvalue weighted by atomic mass is 10.2. The summed E-state index contributed by atoms with van der Waals surface area (Å²) < 4.78 is 51.9. The molecule has 0 unspecified atom stereocenters. The van der Waals surface area contributed by atoms with Crippen molar-refractivity contribution in [2.24, 2.45) is 0 Å². The van der Waals surface area contributed by atoms with Gasteiger partial charge in [0.2, 0.25) is 20.0 Å². The number of rotatable bonds is 6. The van der Waals surface area contributed by atoms with Gasteiger partial charge in [-0.05, 0) is 52.0 Å². The Hall–Kier alpha value is -1.84. The largest absolute Gasteiger partial charge is 0.293 e. The summed E-state index contributed by atoms with van der Waals surface area (Å²) >= 11 is 0. The van der Waals surface area contributed by atoms with Crippen LogP contribution < -0.4 is 0 Å². The van der Waals surface area contributed by atoms with Crippen molar-refractivity contribution in [3.63, 3.8) is 0 Å². The Morgan fingerprint density at radius 3 is 1.96 bits per heavy atom. The first-order valence-electron chi connectivity index (χ1n) is 9.13. The fourth-order valence-electron chi connectivity index (χ4n) is 3.79. The quantitative estimate of drug-likeness (QED) is 0.607. The van der Waals surface area contributed by atoms with Gasteiger partial charge in [0.1, 0.15) is 0 Å². The van der Waals surface area contributed by atoms with Gasteiger partial charge in [-0.3, -0.25) is 4.90 Å². The van der Waals surface area contributed by atoms with Crippen LogP contribution in [-0.4, -0.2) is 54.3 Å². The Morgan fingerprint density at radius 2 is 1.46 bits per heavy atom. The van der Waals surface area contributed by atoms with E-state index in [0.717, 1.165) is 17.0 Å². The minimum atomic E-state index is -3.58. The molecular weight excluding hydrogens is 398 g/mol. The Kier molecular flexibility index (Phi) is 5.14. The summed E-state index contributed by atoms with van der Waals surface area (Å²) in [5.41, 5.74) is 1.62. The number of hydrogen-bond acceptors (Lipinski definition) is 5. The van der Waals surface area contributed by atoms with Crippen molar-refractivity contribution in [2.45, 2.75) is 46.3 Å². The van der Waals surface area contributed by atoms with E-state index in [-0.39, 0.29) is 12.1 Å². The van der Waals surface area contributed by atoms with Gasteiger partial charge in [0.05, 0.1) is 23.5 Å². The molecule has 28 heavy (non-hydrogen) atoms. The molecule has 2 aromatic heterocycles. The van der Waals surface area contributed by atoms with Gasteiger partial charge in [-0.15, -0.1) is 0 Å². The molecule has 0 aliphatic heterocycles. The van der Waals surface area contributed by atoms with Crippen LogP contribution in [0.2, 0.25) is 0 Å². The highest BCUT2D eigenvalue weighted by atomic mass is 32.2. The summed E-state index contributed by atoms with van der Waals surface area (Å²) in [6.07, 6.45) is 3.79. The van der Waals surface area contributed by atoms with E-state index in [2.05, 4.69) is 32.6 Å². The van der Waals surface area contributed by atoms with Crippen LogP contribution in [0.3, 0.4) is 0 Å². The Bertz CT molecular complexity index is 1240. The molecule has 0 fully saturated rings. The molecule has 0 N–H and O–H groups in total. The van der Waals surface area contributed by atoms with Crippen LogP contribution >= 0.6 is 0 Å². The number of nitrogens with zero attached hydrogens (tertiary/aromatic N) is 3. The molecule has 0 saturated carbocycles. The average molecular weight is 426 g/mol. The lowest BCUT2D eigenvalue weighted by molar-refractivity contribution is 0.163. The third kappa shape index (κ3) is 3.70. The maximum atomic E-state index is 12.6. The maximum Gasteiger partial charge on any atom is 0.236 e. The van der Waals surface area contributed by atoms with Gasteiger partial charge in [-0.2, -0.15) is 0 Å². The van der Waals surface area contributed by atoms with Crippen LogP contribution in [-0.2, 0) is 26.6 Å². The van der Waals surface area contributed by atoms with Gasteiger partial charge in [0.25, 0.3) is 0 Å². The van der Waals surface area contributed by atoms with Crippen LogP contribution in [0.15, 0.2) is 30.5 Å². The topological polar surface area (TPSA) is 81.4 Å². The Labute approximate surface area is 166 Å². The number of benzene rings is 1. The van der Waals surface area contributed by atoms with E-state index in [9.17, 15) is 16.8 Å². The predicted molar refractivity (Wildman–Crippen MR) is 114 cm³/mol. The molecule has 154 valence electrons.